The molecule has 0 aliphatic carbocycles. The molecular weight excluding hydrogens is 292 g/mol. The number of rotatable bonds is 4. The van der Waals surface area contributed by atoms with Crippen molar-refractivity contribution in [3.8, 4) is 0 Å². The largest absolute Gasteiger partial charge is 0.419 e. The summed E-state index contributed by atoms with van der Waals surface area (Å²) in [4.78, 5) is 24.0. The van der Waals surface area contributed by atoms with E-state index in [4.69, 9.17) is 5.73 Å². The first kappa shape index (κ1) is 16.9. The minimum atomic E-state index is -4.91. The Morgan fingerprint density at radius 3 is 2.29 bits per heavy atom. The van der Waals surface area contributed by atoms with Gasteiger partial charge in [-0.15, -0.1) is 0 Å². The molecule has 0 bridgehead atoms. The highest BCUT2D eigenvalue weighted by Crippen LogP contribution is 2.32. The van der Waals surface area contributed by atoms with Crippen LogP contribution in [0.1, 0.15) is 29.8 Å². The van der Waals surface area contributed by atoms with Crippen molar-refractivity contribution < 1.29 is 27.2 Å². The van der Waals surface area contributed by atoms with Gasteiger partial charge in [0, 0.05) is 6.04 Å². The van der Waals surface area contributed by atoms with Crippen LogP contribution in [0.3, 0.4) is 0 Å². The topological polar surface area (TPSA) is 63.4 Å². The lowest BCUT2D eigenvalue weighted by Crippen LogP contribution is -2.43. The third-order valence-corrected chi connectivity index (χ3v) is 2.74. The van der Waals surface area contributed by atoms with Crippen LogP contribution in [0.25, 0.3) is 0 Å². The van der Waals surface area contributed by atoms with Gasteiger partial charge >= 0.3 is 6.18 Å². The molecule has 8 heteroatoms. The van der Waals surface area contributed by atoms with Gasteiger partial charge in [-0.05, 0) is 26.0 Å². The van der Waals surface area contributed by atoms with Gasteiger partial charge in [0.25, 0.3) is 5.91 Å². The van der Waals surface area contributed by atoms with E-state index < -0.39 is 47.5 Å². The molecule has 0 aromatic heterocycles. The molecule has 0 heterocycles. The van der Waals surface area contributed by atoms with Crippen molar-refractivity contribution in [3.05, 3.63) is 35.1 Å². The number of alkyl halides is 3. The molecule has 0 atom stereocenters. The summed E-state index contributed by atoms with van der Waals surface area (Å²) < 4.78 is 51.8. The molecule has 116 valence electrons. The molecule has 1 rings (SSSR count). The smallest absolute Gasteiger partial charge is 0.368 e. The van der Waals surface area contributed by atoms with E-state index in [1.165, 1.54) is 13.8 Å². The lowest BCUT2D eigenvalue weighted by molar-refractivity contribution is -0.140. The molecule has 0 saturated carbocycles. The third-order valence-electron chi connectivity index (χ3n) is 2.74. The lowest BCUT2D eigenvalue weighted by Gasteiger charge is -2.26. The van der Waals surface area contributed by atoms with Gasteiger partial charge in [0.15, 0.2) is 0 Å². The van der Waals surface area contributed by atoms with E-state index in [1.807, 2.05) is 0 Å². The normalized spacial score (nSPS) is 11.6. The summed E-state index contributed by atoms with van der Waals surface area (Å²) in [5.74, 6) is -3.53. The molecule has 4 nitrogen and oxygen atoms in total. The molecule has 2 N–H and O–H groups in total. The number of hydrogen-bond acceptors (Lipinski definition) is 2. The number of benzene rings is 1. The summed E-state index contributed by atoms with van der Waals surface area (Å²) in [6, 6.07) is 1.88. The van der Waals surface area contributed by atoms with Crippen LogP contribution in [-0.2, 0) is 11.0 Å². The minimum Gasteiger partial charge on any atom is -0.368 e. The summed E-state index contributed by atoms with van der Waals surface area (Å²) in [6.07, 6.45) is -4.91. The molecule has 0 aliphatic rings. The van der Waals surface area contributed by atoms with Crippen molar-refractivity contribution in [2.75, 3.05) is 6.54 Å². The summed E-state index contributed by atoms with van der Waals surface area (Å²) in [6.45, 7) is 2.56. The number of halogens is 4. The first-order valence-corrected chi connectivity index (χ1v) is 6.00. The Bertz CT molecular complexity index is 556. The highest BCUT2D eigenvalue weighted by Gasteiger charge is 2.36. The Hall–Kier alpha value is -2.12. The summed E-state index contributed by atoms with van der Waals surface area (Å²) >= 11 is 0. The predicted molar refractivity (Wildman–Crippen MR) is 66.8 cm³/mol. The van der Waals surface area contributed by atoms with Crippen LogP contribution < -0.4 is 5.73 Å². The van der Waals surface area contributed by atoms with E-state index in [2.05, 4.69) is 0 Å². The van der Waals surface area contributed by atoms with Crippen LogP contribution in [0.4, 0.5) is 17.6 Å². The maximum Gasteiger partial charge on any atom is 0.419 e. The number of nitrogens with two attached hydrogens (primary N) is 1. The van der Waals surface area contributed by atoms with Crippen LogP contribution in [0.5, 0.6) is 0 Å². The van der Waals surface area contributed by atoms with Crippen molar-refractivity contribution in [1.29, 1.82) is 0 Å². The SMILES string of the molecule is CC(C)N(CC(N)=O)C(=O)c1cccc(C(F)(F)F)c1F. The Kier molecular flexibility index (Phi) is 4.93. The quantitative estimate of drug-likeness (QED) is 0.867. The average molecular weight is 306 g/mol. The Balaban J connectivity index is 3.26. The van der Waals surface area contributed by atoms with E-state index in [-0.39, 0.29) is 0 Å². The standard InChI is InChI=1S/C13H14F4N2O2/c1-7(2)19(6-10(18)20)12(21)8-4-3-5-9(11(8)14)13(15,16)17/h3-5,7H,6H2,1-2H3,(H2,18,20). The Labute approximate surface area is 118 Å². The van der Waals surface area contributed by atoms with Gasteiger partial charge in [0.1, 0.15) is 5.82 Å². The van der Waals surface area contributed by atoms with E-state index in [0.29, 0.717) is 6.07 Å². The molecule has 21 heavy (non-hydrogen) atoms. The van der Waals surface area contributed by atoms with Gasteiger partial charge in [-0.25, -0.2) is 4.39 Å². The highest BCUT2D eigenvalue weighted by atomic mass is 19.4. The number of hydrogen-bond donors (Lipinski definition) is 1. The molecule has 0 unspecified atom stereocenters. The van der Waals surface area contributed by atoms with Gasteiger partial charge in [0.2, 0.25) is 5.91 Å². The van der Waals surface area contributed by atoms with Crippen molar-refractivity contribution >= 4 is 11.8 Å². The molecule has 0 radical (unpaired) electrons. The van der Waals surface area contributed by atoms with Gasteiger partial charge in [-0.1, -0.05) is 6.07 Å². The van der Waals surface area contributed by atoms with Crippen LogP contribution in [0.2, 0.25) is 0 Å². The van der Waals surface area contributed by atoms with Crippen LogP contribution in [-0.4, -0.2) is 29.3 Å². The fourth-order valence-corrected chi connectivity index (χ4v) is 1.73. The zero-order valence-electron chi connectivity index (χ0n) is 11.4. The van der Waals surface area contributed by atoms with E-state index in [1.54, 1.807) is 0 Å². The van der Waals surface area contributed by atoms with Gasteiger partial charge in [0.05, 0.1) is 17.7 Å². The molecular formula is C13H14F4N2O2. The maximum absolute atomic E-state index is 13.9. The second-order valence-corrected chi connectivity index (χ2v) is 4.66. The van der Waals surface area contributed by atoms with Crippen molar-refractivity contribution in [2.24, 2.45) is 5.73 Å². The molecule has 1 aromatic carbocycles. The second kappa shape index (κ2) is 6.11. The number of carbonyl (C=O) groups excluding carboxylic acids is 2. The van der Waals surface area contributed by atoms with E-state index >= 15 is 0 Å². The average Bonchev–Trinajstić information content (AvgIpc) is 2.33. The summed E-state index contributed by atoms with van der Waals surface area (Å²) in [5, 5.41) is 0. The van der Waals surface area contributed by atoms with Gasteiger partial charge < -0.3 is 10.6 Å². The molecule has 0 aliphatic heterocycles. The Morgan fingerprint density at radius 1 is 1.29 bits per heavy atom. The molecule has 0 fully saturated rings. The molecule has 0 saturated heterocycles. The van der Waals surface area contributed by atoms with Crippen LogP contribution in [0.15, 0.2) is 18.2 Å². The monoisotopic (exact) mass is 306 g/mol. The third kappa shape index (κ3) is 3.93. The minimum absolute atomic E-state index is 0.508. The summed E-state index contributed by atoms with van der Waals surface area (Å²) in [7, 11) is 0. The number of carbonyl (C=O) groups is 2. The van der Waals surface area contributed by atoms with Crippen molar-refractivity contribution in [2.45, 2.75) is 26.1 Å². The highest BCUT2D eigenvalue weighted by molar-refractivity contribution is 5.97. The number of primary amides is 1. The number of nitrogens with zero attached hydrogens (tertiary/aromatic N) is 1. The van der Waals surface area contributed by atoms with Crippen LogP contribution >= 0.6 is 0 Å². The predicted octanol–water partition coefficient (Wildman–Crippen LogP) is 2.18. The van der Waals surface area contributed by atoms with Crippen molar-refractivity contribution in [1.82, 2.24) is 4.90 Å². The Morgan fingerprint density at radius 2 is 1.86 bits per heavy atom. The second-order valence-electron chi connectivity index (χ2n) is 4.66. The van der Waals surface area contributed by atoms with E-state index in [0.717, 1.165) is 17.0 Å². The maximum atomic E-state index is 13.9. The zero-order chi connectivity index (χ0) is 16.4. The first-order valence-electron chi connectivity index (χ1n) is 6.00. The zero-order valence-corrected chi connectivity index (χ0v) is 11.4. The summed E-state index contributed by atoms with van der Waals surface area (Å²) in [5.41, 5.74) is 2.70. The van der Waals surface area contributed by atoms with Crippen LogP contribution in [0, 0.1) is 5.82 Å². The fourth-order valence-electron chi connectivity index (χ4n) is 1.73. The molecule has 0 spiro atoms. The molecule has 1 aromatic rings. The van der Waals surface area contributed by atoms with E-state index in [9.17, 15) is 27.2 Å². The fraction of sp³-hybridized carbons (Fsp3) is 0.385. The van der Waals surface area contributed by atoms with Crippen molar-refractivity contribution in [3.63, 3.8) is 0 Å². The molecule has 2 amide bonds. The lowest BCUT2D eigenvalue weighted by atomic mass is 10.1. The first-order chi connectivity index (χ1) is 9.55. The van der Waals surface area contributed by atoms with Gasteiger partial charge in [-0.3, -0.25) is 9.59 Å². The van der Waals surface area contributed by atoms with Gasteiger partial charge in [-0.2, -0.15) is 13.2 Å². The number of amides is 2.